The monoisotopic (exact) mass is 516 g/mol. The van der Waals surface area contributed by atoms with Crippen LogP contribution in [0, 0.1) is 11.2 Å². The first kappa shape index (κ1) is 25.9. The Morgan fingerprint density at radius 2 is 2.11 bits per heavy atom. The molecule has 3 heterocycles. The maximum Gasteiger partial charge on any atom is 0.312 e. The lowest BCUT2D eigenvalue weighted by Crippen LogP contribution is -2.45. The van der Waals surface area contributed by atoms with Gasteiger partial charge in [0, 0.05) is 17.7 Å². The summed E-state index contributed by atoms with van der Waals surface area (Å²) in [6.45, 7) is 5.01. The Morgan fingerprint density at radius 1 is 1.29 bits per heavy atom. The molecule has 1 aliphatic rings. The molecule has 0 N–H and O–H groups in total. The predicted molar refractivity (Wildman–Crippen MR) is 141 cm³/mol. The number of fused-ring (bicyclic) bond motifs is 1. The van der Waals surface area contributed by atoms with Crippen LogP contribution in [0.2, 0.25) is 0 Å². The summed E-state index contributed by atoms with van der Waals surface area (Å²) in [5.74, 6) is 1.31. The van der Waals surface area contributed by atoms with Crippen molar-refractivity contribution in [2.24, 2.45) is 5.41 Å². The van der Waals surface area contributed by atoms with Crippen molar-refractivity contribution < 1.29 is 18.7 Å². The first-order valence-electron chi connectivity index (χ1n) is 12.2. The van der Waals surface area contributed by atoms with E-state index in [9.17, 15) is 9.18 Å². The van der Waals surface area contributed by atoms with Gasteiger partial charge in [-0.05, 0) is 87.3 Å². The van der Waals surface area contributed by atoms with Gasteiger partial charge in [0.2, 0.25) is 0 Å². The number of thioether (sulfide) groups is 1. The number of ether oxygens (including phenoxy) is 2. The van der Waals surface area contributed by atoms with Crippen molar-refractivity contribution in [1.82, 2.24) is 9.88 Å². The highest BCUT2D eigenvalue weighted by molar-refractivity contribution is 8.01. The third-order valence-electron chi connectivity index (χ3n) is 6.88. The van der Waals surface area contributed by atoms with E-state index in [4.69, 9.17) is 9.47 Å². The van der Waals surface area contributed by atoms with Crippen LogP contribution in [0.5, 0.6) is 5.75 Å². The molecule has 0 spiro atoms. The van der Waals surface area contributed by atoms with E-state index in [1.807, 2.05) is 36.9 Å². The molecular formula is C27H33FN2O3S2. The number of nitrogens with zero attached hydrogens (tertiary/aromatic N) is 2. The van der Waals surface area contributed by atoms with Gasteiger partial charge in [0.1, 0.15) is 11.6 Å². The van der Waals surface area contributed by atoms with E-state index < -0.39 is 5.41 Å². The molecule has 0 unspecified atom stereocenters. The van der Waals surface area contributed by atoms with Gasteiger partial charge < -0.3 is 14.4 Å². The number of hydrogen-bond donors (Lipinski definition) is 0. The van der Waals surface area contributed by atoms with Crippen LogP contribution in [0.25, 0.3) is 10.9 Å². The quantitative estimate of drug-likeness (QED) is 0.223. The van der Waals surface area contributed by atoms with Gasteiger partial charge in [-0.2, -0.15) is 0 Å². The van der Waals surface area contributed by atoms with Crippen molar-refractivity contribution in [3.63, 3.8) is 0 Å². The number of esters is 1. The predicted octanol–water partition coefficient (Wildman–Crippen LogP) is 6.20. The molecule has 35 heavy (non-hydrogen) atoms. The van der Waals surface area contributed by atoms with Gasteiger partial charge in [0.05, 0.1) is 35.1 Å². The van der Waals surface area contributed by atoms with Crippen molar-refractivity contribution >= 4 is 40.0 Å². The summed E-state index contributed by atoms with van der Waals surface area (Å²) in [5, 5.41) is 2.88. The molecule has 188 valence electrons. The van der Waals surface area contributed by atoms with E-state index in [1.165, 1.54) is 10.4 Å². The van der Waals surface area contributed by atoms with E-state index in [0.717, 1.165) is 49.1 Å². The molecule has 4 rings (SSSR count). The zero-order chi connectivity index (χ0) is 24.7. The molecule has 0 aliphatic carbocycles. The number of carbonyl (C=O) groups is 1. The molecule has 8 heteroatoms. The standard InChI is InChI=1S/C27H33FN2O3S2/c1-3-33-26(31)27(11-13-30(14-12-27)15-17-35-25-7-5-16-34-25)10-4-6-21-22-18-20(32-2)8-9-24(22)29-19-23(21)28/h5,7-9,16,18-19H,3-4,6,10-15,17H2,1-2H3. The minimum Gasteiger partial charge on any atom is -0.497 e. The lowest BCUT2D eigenvalue weighted by molar-refractivity contribution is -0.159. The second-order valence-corrected chi connectivity index (χ2v) is 11.3. The summed E-state index contributed by atoms with van der Waals surface area (Å²) in [4.78, 5) is 19.7. The highest BCUT2D eigenvalue weighted by Crippen LogP contribution is 2.39. The first-order valence-corrected chi connectivity index (χ1v) is 14.1. The fraction of sp³-hybridized carbons (Fsp3) is 0.481. The summed E-state index contributed by atoms with van der Waals surface area (Å²) in [6, 6.07) is 9.76. The van der Waals surface area contributed by atoms with Gasteiger partial charge in [0.25, 0.3) is 0 Å². The summed E-state index contributed by atoms with van der Waals surface area (Å²) in [5.41, 5.74) is 0.886. The minimum absolute atomic E-state index is 0.102. The second kappa shape index (κ2) is 12.2. The van der Waals surface area contributed by atoms with E-state index in [0.29, 0.717) is 37.2 Å². The number of likely N-dealkylation sites (tertiary alicyclic amines) is 1. The number of benzene rings is 1. The second-order valence-electron chi connectivity index (χ2n) is 8.94. The van der Waals surface area contributed by atoms with Crippen molar-refractivity contribution in [1.29, 1.82) is 0 Å². The number of halogens is 1. The van der Waals surface area contributed by atoms with E-state index in [2.05, 4.69) is 27.4 Å². The molecule has 0 amide bonds. The van der Waals surface area contributed by atoms with Gasteiger partial charge >= 0.3 is 5.97 Å². The molecule has 2 aromatic heterocycles. The molecular weight excluding hydrogens is 483 g/mol. The number of hydrogen-bond acceptors (Lipinski definition) is 7. The molecule has 3 aromatic rings. The molecule has 1 fully saturated rings. The van der Waals surface area contributed by atoms with Gasteiger partial charge in [-0.25, -0.2) is 4.39 Å². The van der Waals surface area contributed by atoms with Crippen LogP contribution in [0.1, 0.15) is 38.2 Å². The van der Waals surface area contributed by atoms with E-state index in [-0.39, 0.29) is 11.8 Å². The normalized spacial score (nSPS) is 15.9. The molecule has 0 saturated carbocycles. The summed E-state index contributed by atoms with van der Waals surface area (Å²) >= 11 is 3.66. The molecule has 1 saturated heterocycles. The molecule has 0 atom stereocenters. The first-order chi connectivity index (χ1) is 17.0. The van der Waals surface area contributed by atoms with Crippen molar-refractivity contribution in [2.45, 2.75) is 43.2 Å². The number of thiophene rings is 1. The number of carbonyl (C=O) groups excluding carboxylic acids is 1. The lowest BCUT2D eigenvalue weighted by Gasteiger charge is -2.40. The van der Waals surface area contributed by atoms with Crippen LogP contribution in [-0.2, 0) is 16.0 Å². The molecule has 5 nitrogen and oxygen atoms in total. The van der Waals surface area contributed by atoms with Gasteiger partial charge in [-0.1, -0.05) is 6.07 Å². The number of pyridine rings is 1. The maximum absolute atomic E-state index is 14.8. The third kappa shape index (κ3) is 6.35. The van der Waals surface area contributed by atoms with Crippen LogP contribution >= 0.6 is 23.1 Å². The number of piperidine rings is 1. The van der Waals surface area contributed by atoms with Crippen molar-refractivity contribution in [3.05, 3.63) is 53.3 Å². The molecule has 1 aliphatic heterocycles. The number of methoxy groups -OCH3 is 1. The summed E-state index contributed by atoms with van der Waals surface area (Å²) in [7, 11) is 1.60. The largest absolute Gasteiger partial charge is 0.497 e. The Kier molecular flexibility index (Phi) is 9.03. The Hall–Kier alpha value is -2.16. The molecule has 0 bridgehead atoms. The van der Waals surface area contributed by atoms with E-state index in [1.54, 1.807) is 18.4 Å². The highest BCUT2D eigenvalue weighted by Gasteiger charge is 2.42. The average molecular weight is 517 g/mol. The Morgan fingerprint density at radius 3 is 2.83 bits per heavy atom. The number of rotatable bonds is 11. The van der Waals surface area contributed by atoms with Gasteiger partial charge in [0.15, 0.2) is 0 Å². The van der Waals surface area contributed by atoms with Crippen LogP contribution in [0.3, 0.4) is 0 Å². The maximum atomic E-state index is 14.8. The van der Waals surface area contributed by atoms with Gasteiger partial charge in [-0.3, -0.25) is 9.78 Å². The van der Waals surface area contributed by atoms with Gasteiger partial charge in [-0.15, -0.1) is 23.1 Å². The summed E-state index contributed by atoms with van der Waals surface area (Å²) in [6.07, 6.45) is 4.79. The van der Waals surface area contributed by atoms with Crippen LogP contribution in [0.15, 0.2) is 46.1 Å². The Balaban J connectivity index is 1.39. The molecule has 1 aromatic carbocycles. The van der Waals surface area contributed by atoms with E-state index >= 15 is 0 Å². The van der Waals surface area contributed by atoms with Crippen LogP contribution < -0.4 is 4.74 Å². The zero-order valence-electron chi connectivity index (χ0n) is 20.4. The number of aromatic nitrogens is 1. The lowest BCUT2D eigenvalue weighted by atomic mass is 9.74. The highest BCUT2D eigenvalue weighted by atomic mass is 32.2. The van der Waals surface area contributed by atoms with Crippen LogP contribution in [0.4, 0.5) is 4.39 Å². The fourth-order valence-electron chi connectivity index (χ4n) is 4.85. The average Bonchev–Trinajstić information content (AvgIpc) is 3.40. The zero-order valence-corrected chi connectivity index (χ0v) is 22.1. The molecule has 0 radical (unpaired) electrons. The van der Waals surface area contributed by atoms with Crippen molar-refractivity contribution in [2.75, 3.05) is 39.1 Å². The van der Waals surface area contributed by atoms with Crippen LogP contribution in [-0.4, -0.2) is 55.0 Å². The minimum atomic E-state index is -0.496. The number of aryl methyl sites for hydroxylation is 1. The smallest absolute Gasteiger partial charge is 0.312 e. The van der Waals surface area contributed by atoms with Crippen molar-refractivity contribution in [3.8, 4) is 5.75 Å². The fourth-order valence-corrected chi connectivity index (χ4v) is 6.72. The Labute approximate surface area is 215 Å². The topological polar surface area (TPSA) is 51.7 Å². The SMILES string of the molecule is CCOC(=O)C1(CCCc2c(F)cnc3ccc(OC)cc23)CCN(CCSc2cccs2)CC1. The Bertz CT molecular complexity index is 1120. The third-order valence-corrected chi connectivity index (χ3v) is 9.00. The summed E-state index contributed by atoms with van der Waals surface area (Å²) < 4.78 is 27.0.